The average Bonchev–Trinajstić information content (AvgIpc) is 2.23. The smallest absolute Gasteiger partial charge is 0.323 e. The second-order valence-electron chi connectivity index (χ2n) is 4.94. The number of rotatable bonds is 7. The first-order valence-electron chi connectivity index (χ1n) is 6.16. The van der Waals surface area contributed by atoms with Crippen molar-refractivity contribution in [3.8, 4) is 0 Å². The van der Waals surface area contributed by atoms with E-state index in [9.17, 15) is 9.59 Å². The number of hydrogen-bond donors (Lipinski definition) is 1. The number of likely N-dealkylation sites (N-methyl/N-ethyl adjacent to an activating group) is 1. The molecule has 0 fully saturated rings. The third-order valence-corrected chi connectivity index (χ3v) is 2.45. The van der Waals surface area contributed by atoms with Gasteiger partial charge < -0.3 is 9.80 Å². The van der Waals surface area contributed by atoms with E-state index in [-0.39, 0.29) is 24.2 Å². The number of carbonyl (C=O) groups excluding carboxylic acids is 2. The topological polar surface area (TPSA) is 52.6 Å². The van der Waals surface area contributed by atoms with E-state index in [0.717, 1.165) is 6.54 Å². The molecule has 0 radical (unpaired) electrons. The highest BCUT2D eigenvalue weighted by molar-refractivity contribution is 6.19. The standard InChI is InChI=1S/C12H24ClN3O2/c1-10(2)9-16(8-7-15(3)4)12(18)14-11(17)5-6-13/h10H,5-9H2,1-4H3,(H,14,17,18). The Hall–Kier alpha value is -0.810. The molecule has 6 heteroatoms. The maximum atomic E-state index is 11.9. The van der Waals surface area contributed by atoms with Crippen molar-refractivity contribution >= 4 is 23.5 Å². The van der Waals surface area contributed by atoms with Crippen molar-refractivity contribution in [3.05, 3.63) is 0 Å². The van der Waals surface area contributed by atoms with Gasteiger partial charge in [0.05, 0.1) is 0 Å². The van der Waals surface area contributed by atoms with Gasteiger partial charge in [-0.1, -0.05) is 13.8 Å². The number of hydrogen-bond acceptors (Lipinski definition) is 3. The van der Waals surface area contributed by atoms with Gasteiger partial charge in [-0.3, -0.25) is 10.1 Å². The molecule has 5 nitrogen and oxygen atoms in total. The van der Waals surface area contributed by atoms with Gasteiger partial charge in [-0.15, -0.1) is 11.6 Å². The molecule has 0 aromatic rings. The third-order valence-electron chi connectivity index (χ3n) is 2.26. The summed E-state index contributed by atoms with van der Waals surface area (Å²) in [7, 11) is 3.90. The Bertz CT molecular complexity index is 270. The molecule has 0 rings (SSSR count). The molecule has 0 spiro atoms. The lowest BCUT2D eigenvalue weighted by molar-refractivity contribution is -0.119. The number of alkyl halides is 1. The fourth-order valence-electron chi connectivity index (χ4n) is 1.38. The summed E-state index contributed by atoms with van der Waals surface area (Å²) in [6.07, 6.45) is 0.163. The molecule has 0 heterocycles. The van der Waals surface area contributed by atoms with Crippen LogP contribution in [0.1, 0.15) is 20.3 Å². The summed E-state index contributed by atoms with van der Waals surface area (Å²) in [6, 6.07) is -0.333. The van der Waals surface area contributed by atoms with E-state index < -0.39 is 0 Å². The Morgan fingerprint density at radius 3 is 2.28 bits per heavy atom. The molecule has 106 valence electrons. The minimum atomic E-state index is -0.333. The zero-order valence-corrected chi connectivity index (χ0v) is 12.5. The molecular formula is C12H24ClN3O2. The van der Waals surface area contributed by atoms with Crippen LogP contribution in [0.5, 0.6) is 0 Å². The highest BCUT2D eigenvalue weighted by Gasteiger charge is 2.17. The summed E-state index contributed by atoms with van der Waals surface area (Å²) < 4.78 is 0. The molecule has 0 aliphatic heterocycles. The lowest BCUT2D eigenvalue weighted by Gasteiger charge is -2.25. The molecule has 0 saturated heterocycles. The predicted octanol–water partition coefficient (Wildman–Crippen LogP) is 1.37. The molecule has 1 N–H and O–H groups in total. The SMILES string of the molecule is CC(C)CN(CCN(C)C)C(=O)NC(=O)CCCl. The van der Waals surface area contributed by atoms with Gasteiger partial charge in [0, 0.05) is 31.9 Å². The van der Waals surface area contributed by atoms with Gasteiger partial charge in [0.15, 0.2) is 0 Å². The number of halogens is 1. The third kappa shape index (κ3) is 8.31. The van der Waals surface area contributed by atoms with E-state index in [2.05, 4.69) is 5.32 Å². The molecule has 0 bridgehead atoms. The largest absolute Gasteiger partial charge is 0.324 e. The van der Waals surface area contributed by atoms with Crippen LogP contribution in [0, 0.1) is 5.92 Å². The van der Waals surface area contributed by atoms with Crippen molar-refractivity contribution in [2.75, 3.05) is 39.6 Å². The predicted molar refractivity (Wildman–Crippen MR) is 73.8 cm³/mol. The van der Waals surface area contributed by atoms with E-state index in [0.29, 0.717) is 19.0 Å². The molecule has 0 aliphatic rings. The van der Waals surface area contributed by atoms with Crippen LogP contribution in [0.15, 0.2) is 0 Å². The number of urea groups is 1. The number of imide groups is 1. The molecule has 0 unspecified atom stereocenters. The first-order valence-corrected chi connectivity index (χ1v) is 6.69. The first kappa shape index (κ1) is 17.2. The summed E-state index contributed by atoms with van der Waals surface area (Å²) in [5, 5.41) is 2.36. The number of nitrogens with zero attached hydrogens (tertiary/aromatic N) is 2. The van der Waals surface area contributed by atoms with Crippen molar-refractivity contribution < 1.29 is 9.59 Å². The van der Waals surface area contributed by atoms with E-state index in [1.54, 1.807) is 4.90 Å². The molecule has 3 amide bonds. The van der Waals surface area contributed by atoms with Gasteiger partial charge in [0.25, 0.3) is 0 Å². The van der Waals surface area contributed by atoms with Crippen LogP contribution in [0.4, 0.5) is 4.79 Å². The van der Waals surface area contributed by atoms with Gasteiger partial charge in [0.2, 0.25) is 5.91 Å². The fraction of sp³-hybridized carbons (Fsp3) is 0.833. The monoisotopic (exact) mass is 277 g/mol. The summed E-state index contributed by atoms with van der Waals surface area (Å²) in [5.74, 6) is 0.260. The van der Waals surface area contributed by atoms with E-state index in [1.807, 2.05) is 32.8 Å². The van der Waals surface area contributed by atoms with Crippen molar-refractivity contribution in [1.29, 1.82) is 0 Å². The van der Waals surface area contributed by atoms with E-state index >= 15 is 0 Å². The van der Waals surface area contributed by atoms with E-state index in [4.69, 9.17) is 11.6 Å². The summed E-state index contributed by atoms with van der Waals surface area (Å²) in [4.78, 5) is 26.9. The van der Waals surface area contributed by atoms with Crippen molar-refractivity contribution in [3.63, 3.8) is 0 Å². The minimum Gasteiger partial charge on any atom is -0.323 e. The van der Waals surface area contributed by atoms with Crippen LogP contribution in [0.3, 0.4) is 0 Å². The number of amides is 3. The number of carbonyl (C=O) groups is 2. The normalized spacial score (nSPS) is 10.8. The second kappa shape index (κ2) is 9.16. The Morgan fingerprint density at radius 1 is 1.22 bits per heavy atom. The highest BCUT2D eigenvalue weighted by atomic mass is 35.5. The quantitative estimate of drug-likeness (QED) is 0.715. The Labute approximate surface area is 114 Å². The van der Waals surface area contributed by atoms with Gasteiger partial charge in [-0.05, 0) is 20.0 Å². The maximum Gasteiger partial charge on any atom is 0.324 e. The van der Waals surface area contributed by atoms with Gasteiger partial charge >= 0.3 is 6.03 Å². The molecule has 0 aromatic heterocycles. The van der Waals surface area contributed by atoms with Gasteiger partial charge in [-0.25, -0.2) is 4.79 Å². The molecule has 0 aliphatic carbocycles. The minimum absolute atomic E-state index is 0.163. The molecule has 0 atom stereocenters. The summed E-state index contributed by atoms with van der Waals surface area (Å²) >= 11 is 5.45. The van der Waals surface area contributed by atoms with Gasteiger partial charge in [-0.2, -0.15) is 0 Å². The molecule has 18 heavy (non-hydrogen) atoms. The molecule has 0 aromatic carbocycles. The van der Waals surface area contributed by atoms with E-state index in [1.165, 1.54) is 0 Å². The Morgan fingerprint density at radius 2 is 1.83 bits per heavy atom. The number of nitrogens with one attached hydrogen (secondary N) is 1. The van der Waals surface area contributed by atoms with Crippen LogP contribution in [-0.4, -0.2) is 61.3 Å². The Kier molecular flexibility index (Phi) is 8.75. The molecular weight excluding hydrogens is 254 g/mol. The van der Waals surface area contributed by atoms with Crippen molar-refractivity contribution in [1.82, 2.24) is 15.1 Å². The zero-order valence-electron chi connectivity index (χ0n) is 11.7. The fourth-order valence-corrected chi connectivity index (χ4v) is 1.56. The van der Waals surface area contributed by atoms with Crippen LogP contribution in [0.25, 0.3) is 0 Å². The summed E-state index contributed by atoms with van der Waals surface area (Å²) in [5.41, 5.74) is 0. The average molecular weight is 278 g/mol. The molecule has 0 saturated carbocycles. The maximum absolute atomic E-state index is 11.9. The summed E-state index contributed by atoms with van der Waals surface area (Å²) in [6.45, 7) is 6.08. The first-order chi connectivity index (χ1) is 8.36. The van der Waals surface area contributed by atoms with Crippen LogP contribution < -0.4 is 5.32 Å². The zero-order chi connectivity index (χ0) is 14.1. The lowest BCUT2D eigenvalue weighted by Crippen LogP contribution is -2.46. The van der Waals surface area contributed by atoms with Crippen LogP contribution in [-0.2, 0) is 4.79 Å². The van der Waals surface area contributed by atoms with Crippen molar-refractivity contribution in [2.45, 2.75) is 20.3 Å². The second-order valence-corrected chi connectivity index (χ2v) is 5.31. The van der Waals surface area contributed by atoms with Crippen LogP contribution >= 0.6 is 11.6 Å². The van der Waals surface area contributed by atoms with Crippen LogP contribution in [0.2, 0.25) is 0 Å². The Balaban J connectivity index is 4.34. The van der Waals surface area contributed by atoms with Crippen molar-refractivity contribution in [2.24, 2.45) is 5.92 Å². The highest BCUT2D eigenvalue weighted by Crippen LogP contribution is 2.00. The lowest BCUT2D eigenvalue weighted by atomic mass is 10.2. The van der Waals surface area contributed by atoms with Gasteiger partial charge in [0.1, 0.15) is 0 Å².